The van der Waals surface area contributed by atoms with Crippen molar-refractivity contribution in [2.45, 2.75) is 64.2 Å². The van der Waals surface area contributed by atoms with Crippen LogP contribution in [-0.2, 0) is 4.74 Å². The molecule has 1 amide bonds. The fraction of sp³-hybridized carbons (Fsp3) is 0.667. The minimum Gasteiger partial charge on any atom is -0.493 e. The highest BCUT2D eigenvalue weighted by Crippen LogP contribution is 2.50. The summed E-state index contributed by atoms with van der Waals surface area (Å²) in [7, 11) is 3.02. The minimum absolute atomic E-state index is 0.206. The van der Waals surface area contributed by atoms with E-state index in [1.165, 1.54) is 20.0 Å². The highest BCUT2D eigenvalue weighted by atomic mass is 16.5. The molecule has 3 atom stereocenters. The lowest BCUT2D eigenvalue weighted by Gasteiger charge is -2.37. The number of aliphatic hydroxyl groups excluding tert-OH is 1. The van der Waals surface area contributed by atoms with Crippen LogP contribution >= 0.6 is 0 Å². The van der Waals surface area contributed by atoms with Gasteiger partial charge >= 0.3 is 6.09 Å². The van der Waals surface area contributed by atoms with E-state index in [1.54, 1.807) is 18.9 Å². The summed E-state index contributed by atoms with van der Waals surface area (Å²) < 4.78 is 16.7. The van der Waals surface area contributed by atoms with Crippen LogP contribution < -0.4 is 9.47 Å². The van der Waals surface area contributed by atoms with Gasteiger partial charge in [0.25, 0.3) is 0 Å². The first-order chi connectivity index (χ1) is 12.9. The third-order valence-electron chi connectivity index (χ3n) is 6.29. The Kier molecular flexibility index (Phi) is 5.84. The second-order valence-corrected chi connectivity index (χ2v) is 7.93. The second-order valence-electron chi connectivity index (χ2n) is 7.93. The molecule has 1 saturated carbocycles. The molecule has 1 aromatic rings. The molecule has 6 heteroatoms. The van der Waals surface area contributed by atoms with Crippen molar-refractivity contribution in [3.8, 4) is 11.5 Å². The molecule has 0 bridgehead atoms. The molecule has 0 radical (unpaired) electrons. The number of likely N-dealkylation sites (tertiary alicyclic amines) is 1. The average Bonchev–Trinajstić information content (AvgIpc) is 3.29. The van der Waals surface area contributed by atoms with Gasteiger partial charge in [-0.2, -0.15) is 0 Å². The number of methoxy groups -OCH3 is 2. The molecule has 6 nitrogen and oxygen atoms in total. The molecular formula is C21H31NO5. The fourth-order valence-electron chi connectivity index (χ4n) is 4.44. The number of carbonyl (C=O) groups excluding carboxylic acids is 1. The van der Waals surface area contributed by atoms with Gasteiger partial charge in [0.05, 0.1) is 32.5 Å². The van der Waals surface area contributed by atoms with E-state index in [4.69, 9.17) is 14.2 Å². The van der Waals surface area contributed by atoms with E-state index in [0.29, 0.717) is 24.5 Å². The summed E-state index contributed by atoms with van der Waals surface area (Å²) in [4.78, 5) is 14.1. The molecule has 27 heavy (non-hydrogen) atoms. The van der Waals surface area contributed by atoms with Gasteiger partial charge in [-0.1, -0.05) is 13.0 Å². The topological polar surface area (TPSA) is 68.2 Å². The van der Waals surface area contributed by atoms with Gasteiger partial charge in [0.15, 0.2) is 11.5 Å². The number of carbonyl (C=O) groups is 1. The Morgan fingerprint density at radius 1 is 1.26 bits per heavy atom. The number of amides is 1. The molecule has 2 fully saturated rings. The van der Waals surface area contributed by atoms with E-state index in [1.807, 2.05) is 25.1 Å². The molecule has 2 aliphatic rings. The SMILES string of the molecule is COC(=O)N1CCC(C)(C(C)O)C1c1ccc(OC)c(OC2CCCC2)c1. The number of hydrogen-bond acceptors (Lipinski definition) is 5. The summed E-state index contributed by atoms with van der Waals surface area (Å²) in [5.74, 6) is 1.39. The van der Waals surface area contributed by atoms with Crippen molar-refractivity contribution in [2.75, 3.05) is 20.8 Å². The van der Waals surface area contributed by atoms with Gasteiger partial charge in [0.1, 0.15) is 0 Å². The molecule has 150 valence electrons. The standard InChI is InChI=1S/C21H31NO5/c1-14(23)21(2)11-12-22(20(24)26-4)19(21)15-9-10-17(25-3)18(13-15)27-16-7-5-6-8-16/h9-10,13-14,16,19,23H,5-8,11-12H2,1-4H3. The van der Waals surface area contributed by atoms with Crippen LogP contribution in [0.5, 0.6) is 11.5 Å². The third-order valence-corrected chi connectivity index (χ3v) is 6.29. The first-order valence-electron chi connectivity index (χ1n) is 9.78. The first-order valence-corrected chi connectivity index (χ1v) is 9.78. The largest absolute Gasteiger partial charge is 0.493 e. The maximum Gasteiger partial charge on any atom is 0.410 e. The molecule has 1 aliphatic carbocycles. The third kappa shape index (κ3) is 3.72. The van der Waals surface area contributed by atoms with Crippen molar-refractivity contribution in [2.24, 2.45) is 5.41 Å². The zero-order valence-corrected chi connectivity index (χ0v) is 16.7. The number of nitrogens with zero attached hydrogens (tertiary/aromatic N) is 1. The lowest BCUT2D eigenvalue weighted by Crippen LogP contribution is -2.39. The van der Waals surface area contributed by atoms with E-state index in [0.717, 1.165) is 18.4 Å². The zero-order chi connectivity index (χ0) is 19.6. The van der Waals surface area contributed by atoms with Gasteiger partial charge < -0.3 is 24.2 Å². The Hall–Kier alpha value is -1.95. The molecule has 3 rings (SSSR count). The number of rotatable bonds is 5. The Bertz CT molecular complexity index is 671. The molecule has 0 spiro atoms. The quantitative estimate of drug-likeness (QED) is 0.842. The minimum atomic E-state index is -0.571. The van der Waals surface area contributed by atoms with E-state index >= 15 is 0 Å². The predicted molar refractivity (Wildman–Crippen MR) is 102 cm³/mol. The monoisotopic (exact) mass is 377 g/mol. The van der Waals surface area contributed by atoms with Crippen LogP contribution in [0.1, 0.15) is 57.6 Å². The van der Waals surface area contributed by atoms with Crippen LogP contribution in [0.3, 0.4) is 0 Å². The maximum absolute atomic E-state index is 12.4. The number of ether oxygens (including phenoxy) is 3. The Labute approximate surface area is 161 Å². The normalized spacial score (nSPS) is 26.9. The van der Waals surface area contributed by atoms with Gasteiger partial charge in [-0.15, -0.1) is 0 Å². The van der Waals surface area contributed by atoms with E-state index < -0.39 is 11.5 Å². The van der Waals surface area contributed by atoms with Crippen molar-refractivity contribution < 1.29 is 24.1 Å². The molecule has 1 aromatic carbocycles. The lowest BCUT2D eigenvalue weighted by molar-refractivity contribution is 0.0204. The van der Waals surface area contributed by atoms with E-state index in [2.05, 4.69) is 0 Å². The first kappa shape index (κ1) is 19.8. The summed E-state index contributed by atoms with van der Waals surface area (Å²) >= 11 is 0. The van der Waals surface area contributed by atoms with Gasteiger partial charge in [0, 0.05) is 12.0 Å². The zero-order valence-electron chi connectivity index (χ0n) is 16.7. The second kappa shape index (κ2) is 7.97. The van der Waals surface area contributed by atoms with Crippen molar-refractivity contribution in [3.63, 3.8) is 0 Å². The van der Waals surface area contributed by atoms with Crippen LogP contribution in [0.25, 0.3) is 0 Å². The maximum atomic E-state index is 12.4. The van der Waals surface area contributed by atoms with Crippen molar-refractivity contribution in [1.29, 1.82) is 0 Å². The number of benzene rings is 1. The van der Waals surface area contributed by atoms with Gasteiger partial charge in [0.2, 0.25) is 0 Å². The highest BCUT2D eigenvalue weighted by Gasteiger charge is 2.50. The van der Waals surface area contributed by atoms with Gasteiger partial charge in [-0.05, 0) is 56.7 Å². The summed E-state index contributed by atoms with van der Waals surface area (Å²) in [5, 5.41) is 10.5. The summed E-state index contributed by atoms with van der Waals surface area (Å²) in [6.45, 7) is 4.35. The van der Waals surface area contributed by atoms with Crippen LogP contribution in [0.4, 0.5) is 4.79 Å². The number of hydrogen-bond donors (Lipinski definition) is 1. The van der Waals surface area contributed by atoms with E-state index in [-0.39, 0.29) is 18.2 Å². The van der Waals surface area contributed by atoms with Gasteiger partial charge in [-0.25, -0.2) is 4.79 Å². The molecule has 0 aromatic heterocycles. The Morgan fingerprint density at radius 3 is 2.56 bits per heavy atom. The lowest BCUT2D eigenvalue weighted by atomic mass is 9.75. The Morgan fingerprint density at radius 2 is 1.96 bits per heavy atom. The van der Waals surface area contributed by atoms with Crippen LogP contribution in [0, 0.1) is 5.41 Å². The van der Waals surface area contributed by atoms with Gasteiger partial charge in [-0.3, -0.25) is 0 Å². The van der Waals surface area contributed by atoms with E-state index in [9.17, 15) is 9.90 Å². The number of aliphatic hydroxyl groups is 1. The molecule has 3 unspecified atom stereocenters. The predicted octanol–water partition coefficient (Wildman–Crippen LogP) is 3.92. The van der Waals surface area contributed by atoms with Crippen molar-refractivity contribution in [1.82, 2.24) is 4.90 Å². The molecule has 1 saturated heterocycles. The van der Waals surface area contributed by atoms with Crippen LogP contribution in [-0.4, -0.2) is 49.1 Å². The molecule has 1 N–H and O–H groups in total. The summed E-state index contributed by atoms with van der Waals surface area (Å²) in [6.07, 6.45) is 4.44. The smallest absolute Gasteiger partial charge is 0.410 e. The molecule has 1 aliphatic heterocycles. The van der Waals surface area contributed by atoms with Crippen molar-refractivity contribution in [3.05, 3.63) is 23.8 Å². The van der Waals surface area contributed by atoms with Crippen LogP contribution in [0.2, 0.25) is 0 Å². The Balaban J connectivity index is 1.98. The summed E-state index contributed by atoms with van der Waals surface area (Å²) in [5.41, 5.74) is 0.461. The molecule has 1 heterocycles. The van der Waals surface area contributed by atoms with Crippen molar-refractivity contribution >= 4 is 6.09 Å². The highest BCUT2D eigenvalue weighted by molar-refractivity contribution is 5.69. The van der Waals surface area contributed by atoms with Crippen LogP contribution in [0.15, 0.2) is 18.2 Å². The average molecular weight is 377 g/mol. The summed E-state index contributed by atoms with van der Waals surface area (Å²) in [6, 6.07) is 5.51. The molecular weight excluding hydrogens is 346 g/mol. The fourth-order valence-corrected chi connectivity index (χ4v) is 4.44.